The summed E-state index contributed by atoms with van der Waals surface area (Å²) in [7, 11) is 1.65. The number of piperidine rings is 1. The molecule has 1 saturated heterocycles. The molecule has 0 bridgehead atoms. The van der Waals surface area contributed by atoms with Gasteiger partial charge < -0.3 is 14.8 Å². The lowest BCUT2D eigenvalue weighted by Crippen LogP contribution is -2.46. The fourth-order valence-electron chi connectivity index (χ4n) is 4.86. The van der Waals surface area contributed by atoms with Gasteiger partial charge in [0.05, 0.1) is 12.5 Å². The Morgan fingerprint density at radius 2 is 1.56 bits per heavy atom. The number of hydrogen-bond acceptors (Lipinski definition) is 4. The summed E-state index contributed by atoms with van der Waals surface area (Å²) in [5.41, 5.74) is 3.78. The maximum Gasteiger partial charge on any atom is 0.235 e. The standard InChI is InChI=1S/C27H28N2O3/c1-31-24-16-22-23(17-25(24)32-19-21-10-6-3-7-11-21)28-26(30)27(22)12-14-29(15-13-27)18-20-8-4-2-5-9-20/h2-11,16-17H,12-15,18-19H2,1H3,(H,28,30). The van der Waals surface area contributed by atoms with Gasteiger partial charge in [0.1, 0.15) is 6.61 Å². The summed E-state index contributed by atoms with van der Waals surface area (Å²) in [5, 5.41) is 3.12. The number of hydrogen-bond donors (Lipinski definition) is 1. The third kappa shape index (κ3) is 3.84. The van der Waals surface area contributed by atoms with Gasteiger partial charge in [-0.05, 0) is 48.7 Å². The van der Waals surface area contributed by atoms with Gasteiger partial charge in [0.25, 0.3) is 0 Å². The summed E-state index contributed by atoms with van der Waals surface area (Å²) in [4.78, 5) is 15.6. The SMILES string of the molecule is COc1cc2c(cc1OCc1ccccc1)NC(=O)C21CCN(Cc2ccccc2)CC1. The second-order valence-corrected chi connectivity index (χ2v) is 8.62. The molecule has 2 aliphatic rings. The van der Waals surface area contributed by atoms with Crippen LogP contribution in [-0.4, -0.2) is 31.0 Å². The van der Waals surface area contributed by atoms with E-state index in [1.807, 2.05) is 48.5 Å². The lowest BCUT2D eigenvalue weighted by molar-refractivity contribution is -0.122. The zero-order valence-electron chi connectivity index (χ0n) is 18.3. The van der Waals surface area contributed by atoms with Gasteiger partial charge in [-0.3, -0.25) is 9.69 Å². The van der Waals surface area contributed by atoms with E-state index in [0.29, 0.717) is 18.1 Å². The Labute approximate surface area is 189 Å². The van der Waals surface area contributed by atoms with Crippen molar-refractivity contribution in [3.05, 3.63) is 89.5 Å². The minimum atomic E-state index is -0.492. The van der Waals surface area contributed by atoms with Crippen LogP contribution in [0.4, 0.5) is 5.69 Å². The van der Waals surface area contributed by atoms with Crippen molar-refractivity contribution in [2.45, 2.75) is 31.4 Å². The Morgan fingerprint density at radius 3 is 2.22 bits per heavy atom. The molecule has 1 amide bonds. The van der Waals surface area contributed by atoms with E-state index in [1.165, 1.54) is 5.56 Å². The van der Waals surface area contributed by atoms with E-state index in [-0.39, 0.29) is 5.91 Å². The average molecular weight is 429 g/mol. The molecule has 1 spiro atoms. The molecule has 5 nitrogen and oxygen atoms in total. The third-order valence-corrected chi connectivity index (χ3v) is 6.70. The molecule has 5 rings (SSSR count). The second-order valence-electron chi connectivity index (χ2n) is 8.62. The van der Waals surface area contributed by atoms with Crippen molar-refractivity contribution in [2.75, 3.05) is 25.5 Å². The molecule has 2 aliphatic heterocycles. The van der Waals surface area contributed by atoms with Crippen LogP contribution < -0.4 is 14.8 Å². The first-order valence-electron chi connectivity index (χ1n) is 11.1. The van der Waals surface area contributed by atoms with Crippen molar-refractivity contribution in [1.82, 2.24) is 4.90 Å². The molecule has 0 aliphatic carbocycles. The number of carbonyl (C=O) groups excluding carboxylic acids is 1. The molecular weight excluding hydrogens is 400 g/mol. The highest BCUT2D eigenvalue weighted by Crippen LogP contribution is 2.49. The normalized spacial score (nSPS) is 17.1. The number of amides is 1. The summed E-state index contributed by atoms with van der Waals surface area (Å²) in [6, 6.07) is 24.4. The topological polar surface area (TPSA) is 50.8 Å². The van der Waals surface area contributed by atoms with E-state index in [0.717, 1.165) is 49.3 Å². The molecule has 164 valence electrons. The molecule has 0 radical (unpaired) electrons. The number of anilines is 1. The van der Waals surface area contributed by atoms with Gasteiger partial charge in [-0.1, -0.05) is 60.7 Å². The van der Waals surface area contributed by atoms with Crippen LogP contribution in [-0.2, 0) is 23.4 Å². The van der Waals surface area contributed by atoms with Crippen molar-refractivity contribution < 1.29 is 14.3 Å². The Hall–Kier alpha value is -3.31. The Balaban J connectivity index is 1.34. The van der Waals surface area contributed by atoms with Crippen molar-refractivity contribution in [3.63, 3.8) is 0 Å². The summed E-state index contributed by atoms with van der Waals surface area (Å²) in [6.07, 6.45) is 1.60. The van der Waals surface area contributed by atoms with Crippen LogP contribution >= 0.6 is 0 Å². The molecule has 3 aromatic carbocycles. The third-order valence-electron chi connectivity index (χ3n) is 6.70. The van der Waals surface area contributed by atoms with Crippen LogP contribution in [0.3, 0.4) is 0 Å². The number of nitrogens with zero attached hydrogens (tertiary/aromatic N) is 1. The Bertz CT molecular complexity index is 1090. The van der Waals surface area contributed by atoms with Crippen molar-refractivity contribution in [2.24, 2.45) is 0 Å². The maximum absolute atomic E-state index is 13.2. The minimum Gasteiger partial charge on any atom is -0.493 e. The van der Waals surface area contributed by atoms with Gasteiger partial charge in [-0.15, -0.1) is 0 Å². The highest BCUT2D eigenvalue weighted by Gasteiger charge is 2.49. The van der Waals surface area contributed by atoms with Crippen molar-refractivity contribution >= 4 is 11.6 Å². The molecular formula is C27H28N2O3. The highest BCUT2D eigenvalue weighted by molar-refractivity contribution is 6.06. The van der Waals surface area contributed by atoms with Crippen LogP contribution in [0.5, 0.6) is 11.5 Å². The summed E-state index contributed by atoms with van der Waals surface area (Å²) < 4.78 is 11.7. The fourth-order valence-corrected chi connectivity index (χ4v) is 4.86. The number of fused-ring (bicyclic) bond motifs is 2. The zero-order valence-corrected chi connectivity index (χ0v) is 18.3. The van der Waals surface area contributed by atoms with Crippen LogP contribution in [0.2, 0.25) is 0 Å². The lowest BCUT2D eigenvalue weighted by atomic mass is 9.73. The predicted molar refractivity (Wildman–Crippen MR) is 125 cm³/mol. The number of nitrogens with one attached hydrogen (secondary N) is 1. The number of carbonyl (C=O) groups is 1. The van der Waals surface area contributed by atoms with Crippen LogP contribution in [0.15, 0.2) is 72.8 Å². The predicted octanol–water partition coefficient (Wildman–Crippen LogP) is 4.76. The molecule has 1 fully saturated rings. The van der Waals surface area contributed by atoms with Gasteiger partial charge >= 0.3 is 0 Å². The van der Waals surface area contributed by atoms with E-state index in [4.69, 9.17) is 9.47 Å². The van der Waals surface area contributed by atoms with Gasteiger partial charge in [0.15, 0.2) is 11.5 Å². The molecule has 32 heavy (non-hydrogen) atoms. The monoisotopic (exact) mass is 428 g/mol. The van der Waals surface area contributed by atoms with Gasteiger partial charge in [0.2, 0.25) is 5.91 Å². The van der Waals surface area contributed by atoms with Gasteiger partial charge in [0, 0.05) is 18.3 Å². The average Bonchev–Trinajstić information content (AvgIpc) is 3.10. The molecule has 3 aromatic rings. The molecule has 0 aromatic heterocycles. The van der Waals surface area contributed by atoms with E-state index < -0.39 is 5.41 Å². The highest BCUT2D eigenvalue weighted by atomic mass is 16.5. The van der Waals surface area contributed by atoms with Crippen molar-refractivity contribution in [1.29, 1.82) is 0 Å². The zero-order chi connectivity index (χ0) is 22.0. The maximum atomic E-state index is 13.2. The van der Waals surface area contributed by atoms with E-state index in [1.54, 1.807) is 7.11 Å². The largest absolute Gasteiger partial charge is 0.493 e. The molecule has 0 saturated carbocycles. The number of benzene rings is 3. The number of methoxy groups -OCH3 is 1. The fraction of sp³-hybridized carbons (Fsp3) is 0.296. The molecule has 5 heteroatoms. The smallest absolute Gasteiger partial charge is 0.235 e. The Morgan fingerprint density at radius 1 is 0.906 bits per heavy atom. The first-order valence-corrected chi connectivity index (χ1v) is 11.1. The van der Waals surface area contributed by atoms with Crippen LogP contribution in [0, 0.1) is 0 Å². The minimum absolute atomic E-state index is 0.0918. The number of rotatable bonds is 6. The number of likely N-dealkylation sites (tertiary alicyclic amines) is 1. The van der Waals surface area contributed by atoms with E-state index >= 15 is 0 Å². The van der Waals surface area contributed by atoms with Crippen LogP contribution in [0.25, 0.3) is 0 Å². The molecule has 1 N–H and O–H groups in total. The van der Waals surface area contributed by atoms with E-state index in [2.05, 4.69) is 34.5 Å². The quantitative estimate of drug-likeness (QED) is 0.615. The molecule has 2 heterocycles. The molecule has 0 atom stereocenters. The summed E-state index contributed by atoms with van der Waals surface area (Å²) in [5.74, 6) is 1.41. The first kappa shape index (κ1) is 20.6. The van der Waals surface area contributed by atoms with Crippen LogP contribution in [0.1, 0.15) is 29.5 Å². The lowest BCUT2D eigenvalue weighted by Gasteiger charge is -2.38. The summed E-state index contributed by atoms with van der Waals surface area (Å²) in [6.45, 7) is 3.14. The molecule has 0 unspecified atom stereocenters. The second kappa shape index (κ2) is 8.67. The Kier molecular flexibility index (Phi) is 5.58. The number of ether oxygens (including phenoxy) is 2. The van der Waals surface area contributed by atoms with Gasteiger partial charge in [-0.25, -0.2) is 0 Å². The van der Waals surface area contributed by atoms with Gasteiger partial charge in [-0.2, -0.15) is 0 Å². The van der Waals surface area contributed by atoms with Crippen molar-refractivity contribution in [3.8, 4) is 11.5 Å². The van der Waals surface area contributed by atoms with E-state index in [9.17, 15) is 4.79 Å². The first-order chi connectivity index (χ1) is 15.7. The summed E-state index contributed by atoms with van der Waals surface area (Å²) >= 11 is 0.